The second-order valence-electron chi connectivity index (χ2n) is 2.41. The van der Waals surface area contributed by atoms with Crippen LogP contribution in [0.2, 0.25) is 0 Å². The summed E-state index contributed by atoms with van der Waals surface area (Å²) in [4.78, 5) is 10.1. The average molecular weight is 195 g/mol. The predicted molar refractivity (Wildman–Crippen MR) is 44.3 cm³/mol. The number of alkyl halides is 1. The molecule has 1 aromatic rings. The van der Waals surface area contributed by atoms with E-state index in [0.29, 0.717) is 0 Å². The third-order valence-electron chi connectivity index (χ3n) is 1.40. The first-order chi connectivity index (χ1) is 6.63. The van der Waals surface area contributed by atoms with Gasteiger partial charge < -0.3 is 9.84 Å². The lowest BCUT2D eigenvalue weighted by Crippen LogP contribution is -2.21. The SMILES string of the molecule is N#Cc1cccc(OC(F)C(=O)O)c1. The lowest BCUT2D eigenvalue weighted by Gasteiger charge is -2.06. The Kier molecular flexibility index (Phi) is 3.02. The van der Waals surface area contributed by atoms with E-state index in [1.807, 2.05) is 6.07 Å². The van der Waals surface area contributed by atoms with E-state index in [0.717, 1.165) is 0 Å². The van der Waals surface area contributed by atoms with Crippen molar-refractivity contribution in [2.24, 2.45) is 0 Å². The standard InChI is InChI=1S/C9H6FNO3/c10-8(9(12)13)14-7-3-1-2-6(4-7)5-11/h1-4,8H,(H,12,13). The summed E-state index contributed by atoms with van der Waals surface area (Å²) in [5.74, 6) is -1.69. The van der Waals surface area contributed by atoms with Crippen molar-refractivity contribution in [3.8, 4) is 11.8 Å². The van der Waals surface area contributed by atoms with Crippen molar-refractivity contribution in [2.75, 3.05) is 0 Å². The lowest BCUT2D eigenvalue weighted by atomic mass is 10.2. The van der Waals surface area contributed by atoms with Crippen LogP contribution in [0.1, 0.15) is 5.56 Å². The van der Waals surface area contributed by atoms with Crippen molar-refractivity contribution in [1.82, 2.24) is 0 Å². The first-order valence-electron chi connectivity index (χ1n) is 3.67. The molecule has 0 radical (unpaired) electrons. The molecule has 0 amide bonds. The van der Waals surface area contributed by atoms with Crippen molar-refractivity contribution in [3.63, 3.8) is 0 Å². The van der Waals surface area contributed by atoms with Gasteiger partial charge in [0.05, 0.1) is 11.6 Å². The smallest absolute Gasteiger partial charge is 0.378 e. The molecule has 0 saturated heterocycles. The number of hydrogen-bond acceptors (Lipinski definition) is 3. The van der Waals surface area contributed by atoms with E-state index in [9.17, 15) is 9.18 Å². The molecule has 0 heterocycles. The van der Waals surface area contributed by atoms with Crippen molar-refractivity contribution < 1.29 is 19.0 Å². The molecule has 1 rings (SSSR count). The van der Waals surface area contributed by atoms with Crippen LogP contribution in [0, 0.1) is 11.3 Å². The van der Waals surface area contributed by atoms with Gasteiger partial charge in [-0.15, -0.1) is 0 Å². The summed E-state index contributed by atoms with van der Waals surface area (Å²) in [5, 5.41) is 16.7. The van der Waals surface area contributed by atoms with E-state index in [2.05, 4.69) is 4.74 Å². The molecule has 5 heteroatoms. The fourth-order valence-corrected chi connectivity index (χ4v) is 0.809. The Morgan fingerprint density at radius 3 is 2.93 bits per heavy atom. The van der Waals surface area contributed by atoms with Gasteiger partial charge in [-0.1, -0.05) is 6.07 Å². The molecule has 0 aliphatic carbocycles. The van der Waals surface area contributed by atoms with Gasteiger partial charge in [0, 0.05) is 0 Å². The first-order valence-corrected chi connectivity index (χ1v) is 3.67. The minimum absolute atomic E-state index is 0.0129. The maximum absolute atomic E-state index is 12.5. The first kappa shape index (κ1) is 9.99. The molecule has 0 fully saturated rings. The van der Waals surface area contributed by atoms with Crippen LogP contribution < -0.4 is 4.74 Å². The molecule has 1 unspecified atom stereocenters. The molecule has 0 spiro atoms. The highest BCUT2D eigenvalue weighted by atomic mass is 19.1. The number of rotatable bonds is 3. The Balaban J connectivity index is 2.78. The summed E-state index contributed by atoms with van der Waals surface area (Å²) in [6.45, 7) is 0. The van der Waals surface area contributed by atoms with Crippen LogP contribution in [-0.4, -0.2) is 17.4 Å². The Hall–Kier alpha value is -2.09. The predicted octanol–water partition coefficient (Wildman–Crippen LogP) is 1.32. The molecule has 0 saturated carbocycles. The number of carbonyl (C=O) groups is 1. The quantitative estimate of drug-likeness (QED) is 0.789. The molecule has 0 bridgehead atoms. The zero-order valence-electron chi connectivity index (χ0n) is 6.98. The number of nitriles is 1. The number of aliphatic carboxylic acids is 1. The van der Waals surface area contributed by atoms with Gasteiger partial charge in [-0.05, 0) is 18.2 Å². The maximum Gasteiger partial charge on any atom is 0.378 e. The van der Waals surface area contributed by atoms with Gasteiger partial charge in [-0.3, -0.25) is 0 Å². The van der Waals surface area contributed by atoms with Crippen LogP contribution in [0.15, 0.2) is 24.3 Å². The monoisotopic (exact) mass is 195 g/mol. The van der Waals surface area contributed by atoms with Crippen molar-refractivity contribution in [1.29, 1.82) is 5.26 Å². The fraction of sp³-hybridized carbons (Fsp3) is 0.111. The largest absolute Gasteiger partial charge is 0.476 e. The van der Waals surface area contributed by atoms with Gasteiger partial charge in [0.2, 0.25) is 0 Å². The number of carboxylic acids is 1. The van der Waals surface area contributed by atoms with Crippen LogP contribution in [0.4, 0.5) is 4.39 Å². The zero-order valence-corrected chi connectivity index (χ0v) is 6.98. The number of halogens is 1. The Morgan fingerprint density at radius 2 is 2.36 bits per heavy atom. The third-order valence-corrected chi connectivity index (χ3v) is 1.40. The van der Waals surface area contributed by atoms with Gasteiger partial charge in [-0.2, -0.15) is 9.65 Å². The van der Waals surface area contributed by atoms with Crippen molar-refractivity contribution >= 4 is 5.97 Å². The number of nitrogens with zero attached hydrogens (tertiary/aromatic N) is 1. The molecule has 4 nitrogen and oxygen atoms in total. The van der Waals surface area contributed by atoms with Gasteiger partial charge in [0.15, 0.2) is 0 Å². The second-order valence-corrected chi connectivity index (χ2v) is 2.41. The lowest BCUT2D eigenvalue weighted by molar-refractivity contribution is -0.153. The summed E-state index contributed by atoms with van der Waals surface area (Å²) in [6.07, 6.45) is -2.41. The Labute approximate surface area is 79.2 Å². The highest BCUT2D eigenvalue weighted by Gasteiger charge is 2.16. The topological polar surface area (TPSA) is 70.3 Å². The number of hydrogen-bond donors (Lipinski definition) is 1. The molecule has 72 valence electrons. The highest BCUT2D eigenvalue weighted by Crippen LogP contribution is 2.14. The van der Waals surface area contributed by atoms with Gasteiger partial charge >= 0.3 is 12.3 Å². The molecule has 0 aromatic heterocycles. The second kappa shape index (κ2) is 4.23. The zero-order chi connectivity index (χ0) is 10.6. The molecular formula is C9H6FNO3. The average Bonchev–Trinajstić information content (AvgIpc) is 2.18. The minimum atomic E-state index is -2.41. The summed E-state index contributed by atoms with van der Waals surface area (Å²) >= 11 is 0. The summed E-state index contributed by atoms with van der Waals surface area (Å²) < 4.78 is 16.9. The Morgan fingerprint density at radius 1 is 1.64 bits per heavy atom. The van der Waals surface area contributed by atoms with E-state index in [-0.39, 0.29) is 11.3 Å². The van der Waals surface area contributed by atoms with Crippen LogP contribution in [0.3, 0.4) is 0 Å². The Bertz CT molecular complexity index is 386. The van der Waals surface area contributed by atoms with Crippen LogP contribution >= 0.6 is 0 Å². The van der Waals surface area contributed by atoms with Crippen molar-refractivity contribution in [3.05, 3.63) is 29.8 Å². The number of ether oxygens (including phenoxy) is 1. The van der Waals surface area contributed by atoms with E-state index in [1.165, 1.54) is 24.3 Å². The number of benzene rings is 1. The molecule has 1 aromatic carbocycles. The minimum Gasteiger partial charge on any atom is -0.476 e. The van der Waals surface area contributed by atoms with Gasteiger partial charge in [-0.25, -0.2) is 4.79 Å². The molecule has 14 heavy (non-hydrogen) atoms. The van der Waals surface area contributed by atoms with E-state index in [4.69, 9.17) is 10.4 Å². The van der Waals surface area contributed by atoms with Crippen LogP contribution in [0.5, 0.6) is 5.75 Å². The van der Waals surface area contributed by atoms with Crippen LogP contribution in [0.25, 0.3) is 0 Å². The molecule has 1 N–H and O–H groups in total. The van der Waals surface area contributed by atoms with E-state index < -0.39 is 12.3 Å². The van der Waals surface area contributed by atoms with Gasteiger partial charge in [0.25, 0.3) is 0 Å². The van der Waals surface area contributed by atoms with E-state index >= 15 is 0 Å². The van der Waals surface area contributed by atoms with E-state index in [1.54, 1.807) is 0 Å². The normalized spacial score (nSPS) is 11.4. The molecule has 0 aliphatic rings. The fourth-order valence-electron chi connectivity index (χ4n) is 0.809. The van der Waals surface area contributed by atoms with Gasteiger partial charge in [0.1, 0.15) is 5.75 Å². The molecule has 0 aliphatic heterocycles. The van der Waals surface area contributed by atoms with Crippen molar-refractivity contribution in [2.45, 2.75) is 6.36 Å². The molecular weight excluding hydrogens is 189 g/mol. The third kappa shape index (κ3) is 2.45. The summed E-state index contributed by atoms with van der Waals surface area (Å²) in [5.41, 5.74) is 0.278. The highest BCUT2D eigenvalue weighted by molar-refractivity contribution is 5.70. The maximum atomic E-state index is 12.5. The summed E-state index contributed by atoms with van der Waals surface area (Å²) in [7, 11) is 0. The molecule has 1 atom stereocenters. The number of carboxylic acid groups (broad SMARTS) is 1. The summed E-state index contributed by atoms with van der Waals surface area (Å²) in [6, 6.07) is 7.43. The van der Waals surface area contributed by atoms with Crippen LogP contribution in [-0.2, 0) is 4.79 Å².